The van der Waals surface area contributed by atoms with E-state index in [4.69, 9.17) is 5.73 Å². The molecule has 3 N–H and O–H groups in total. The Hall–Kier alpha value is -1.30. The lowest BCUT2D eigenvalue weighted by Gasteiger charge is -2.25. The Morgan fingerprint density at radius 3 is 2.50 bits per heavy atom. The average Bonchev–Trinajstić information content (AvgIpc) is 2.19. The first-order valence-electron chi connectivity index (χ1n) is 5.63. The van der Waals surface area contributed by atoms with E-state index in [1.807, 2.05) is 0 Å². The van der Waals surface area contributed by atoms with Crippen molar-refractivity contribution in [2.45, 2.75) is 44.9 Å². The molecule has 1 unspecified atom stereocenters. The lowest BCUT2D eigenvalue weighted by molar-refractivity contribution is -0.137. The Labute approximate surface area is 104 Å². The molecule has 6 heteroatoms. The van der Waals surface area contributed by atoms with E-state index in [1.54, 1.807) is 19.2 Å². The van der Waals surface area contributed by atoms with Gasteiger partial charge in [-0.05, 0) is 38.3 Å². The number of aryl methyl sites for hydroxylation is 1. The number of pyridine rings is 1. The molecule has 0 radical (unpaired) electrons. The van der Waals surface area contributed by atoms with Crippen LogP contribution >= 0.6 is 0 Å². The lowest BCUT2D eigenvalue weighted by atomic mass is 9.90. The molecule has 0 aliphatic rings. The summed E-state index contributed by atoms with van der Waals surface area (Å²) < 4.78 is 36.2. The summed E-state index contributed by atoms with van der Waals surface area (Å²) in [6.45, 7) is 3.23. The summed E-state index contributed by atoms with van der Waals surface area (Å²) in [7, 11) is 0. The fraction of sp³-hybridized carbons (Fsp3) is 0.583. The van der Waals surface area contributed by atoms with Gasteiger partial charge in [0.25, 0.3) is 0 Å². The predicted octanol–water partition coefficient (Wildman–Crippen LogP) is 2.91. The molecule has 0 saturated carbocycles. The minimum Gasteiger partial charge on any atom is -0.385 e. The number of nitrogen functional groups attached to an aromatic ring is 1. The molecule has 0 spiro atoms. The fourth-order valence-corrected chi connectivity index (χ4v) is 1.78. The number of alkyl halides is 3. The molecule has 102 valence electrons. The quantitative estimate of drug-likeness (QED) is 0.877. The monoisotopic (exact) mass is 262 g/mol. The number of aromatic nitrogens is 1. The zero-order valence-corrected chi connectivity index (χ0v) is 10.4. The van der Waals surface area contributed by atoms with Gasteiger partial charge in [-0.3, -0.25) is 0 Å². The molecule has 1 heterocycles. The molecule has 18 heavy (non-hydrogen) atoms. The van der Waals surface area contributed by atoms with Gasteiger partial charge in [0.1, 0.15) is 5.82 Å². The van der Waals surface area contributed by atoms with Gasteiger partial charge in [0.15, 0.2) is 0 Å². The standard InChI is InChI=1S/C12H17F3N2O/c1-8-6-9(10(16)17-7-8)11(2,18)4-3-5-12(13,14)15/h6-7,18H,3-5H2,1-2H3,(H2,16,17). The molecule has 0 saturated heterocycles. The summed E-state index contributed by atoms with van der Waals surface area (Å²) in [5.74, 6) is 0.151. The van der Waals surface area contributed by atoms with Gasteiger partial charge in [0.05, 0.1) is 5.60 Å². The number of rotatable bonds is 4. The van der Waals surface area contributed by atoms with Crippen LogP contribution in [0.25, 0.3) is 0 Å². The van der Waals surface area contributed by atoms with E-state index in [1.165, 1.54) is 6.92 Å². The summed E-state index contributed by atoms with van der Waals surface area (Å²) in [4.78, 5) is 3.90. The van der Waals surface area contributed by atoms with Gasteiger partial charge in [-0.25, -0.2) is 4.98 Å². The van der Waals surface area contributed by atoms with E-state index in [-0.39, 0.29) is 18.7 Å². The SMILES string of the molecule is Cc1cnc(N)c(C(C)(O)CCCC(F)(F)F)c1. The van der Waals surface area contributed by atoms with Crippen molar-refractivity contribution in [2.75, 3.05) is 5.73 Å². The van der Waals surface area contributed by atoms with Crippen LogP contribution in [0, 0.1) is 6.92 Å². The van der Waals surface area contributed by atoms with Gasteiger partial charge < -0.3 is 10.8 Å². The van der Waals surface area contributed by atoms with Crippen molar-refractivity contribution >= 4 is 5.82 Å². The highest BCUT2D eigenvalue weighted by atomic mass is 19.4. The van der Waals surface area contributed by atoms with Crippen molar-refractivity contribution in [3.8, 4) is 0 Å². The van der Waals surface area contributed by atoms with E-state index in [0.29, 0.717) is 5.56 Å². The van der Waals surface area contributed by atoms with Crippen LogP contribution in [0.4, 0.5) is 19.0 Å². The van der Waals surface area contributed by atoms with E-state index < -0.39 is 18.2 Å². The largest absolute Gasteiger partial charge is 0.389 e. The van der Waals surface area contributed by atoms with Crippen LogP contribution in [0.2, 0.25) is 0 Å². The number of aliphatic hydroxyl groups is 1. The van der Waals surface area contributed by atoms with Crippen LogP contribution in [0.5, 0.6) is 0 Å². The van der Waals surface area contributed by atoms with Crippen molar-refractivity contribution < 1.29 is 18.3 Å². The van der Waals surface area contributed by atoms with Crippen LogP contribution in [0.15, 0.2) is 12.3 Å². The summed E-state index contributed by atoms with van der Waals surface area (Å²) >= 11 is 0. The molecule has 0 amide bonds. The second-order valence-electron chi connectivity index (χ2n) is 4.69. The highest BCUT2D eigenvalue weighted by molar-refractivity contribution is 5.44. The third kappa shape index (κ3) is 4.18. The molecule has 0 aromatic carbocycles. The van der Waals surface area contributed by atoms with Crippen molar-refractivity contribution in [2.24, 2.45) is 0 Å². The van der Waals surface area contributed by atoms with E-state index in [2.05, 4.69) is 4.98 Å². The summed E-state index contributed by atoms with van der Waals surface area (Å²) in [5, 5.41) is 10.2. The number of nitrogens with two attached hydrogens (primary N) is 1. The summed E-state index contributed by atoms with van der Waals surface area (Å²) in [5.41, 5.74) is 5.43. The molecule has 1 aromatic heterocycles. The molecule has 1 aromatic rings. The highest BCUT2D eigenvalue weighted by Gasteiger charge is 2.31. The number of anilines is 1. The number of hydrogen-bond acceptors (Lipinski definition) is 3. The van der Waals surface area contributed by atoms with Crippen LogP contribution in [-0.4, -0.2) is 16.3 Å². The van der Waals surface area contributed by atoms with Gasteiger partial charge in [-0.2, -0.15) is 13.2 Å². The maximum absolute atomic E-state index is 12.1. The number of nitrogens with zero attached hydrogens (tertiary/aromatic N) is 1. The van der Waals surface area contributed by atoms with Crippen LogP contribution in [-0.2, 0) is 5.60 Å². The molecule has 0 bridgehead atoms. The zero-order chi connectivity index (χ0) is 14.0. The Bertz CT molecular complexity index is 416. The van der Waals surface area contributed by atoms with Gasteiger partial charge in [-0.15, -0.1) is 0 Å². The van der Waals surface area contributed by atoms with Crippen LogP contribution in [0.3, 0.4) is 0 Å². The van der Waals surface area contributed by atoms with Gasteiger partial charge in [0, 0.05) is 18.2 Å². The predicted molar refractivity (Wildman–Crippen MR) is 62.9 cm³/mol. The Morgan fingerprint density at radius 1 is 1.33 bits per heavy atom. The molecule has 1 rings (SSSR count). The Kier molecular flexibility index (Phi) is 4.21. The van der Waals surface area contributed by atoms with Crippen molar-refractivity contribution in [1.82, 2.24) is 4.98 Å². The topological polar surface area (TPSA) is 59.1 Å². The highest BCUT2D eigenvalue weighted by Crippen LogP contribution is 2.32. The van der Waals surface area contributed by atoms with E-state index in [0.717, 1.165) is 5.56 Å². The molecule has 0 aliphatic heterocycles. The normalized spacial score (nSPS) is 15.4. The molecule has 0 aliphatic carbocycles. The average molecular weight is 262 g/mol. The van der Waals surface area contributed by atoms with Gasteiger partial charge >= 0.3 is 6.18 Å². The maximum Gasteiger partial charge on any atom is 0.389 e. The van der Waals surface area contributed by atoms with E-state index in [9.17, 15) is 18.3 Å². The third-order valence-corrected chi connectivity index (χ3v) is 2.76. The van der Waals surface area contributed by atoms with Gasteiger partial charge in [-0.1, -0.05) is 0 Å². The zero-order valence-electron chi connectivity index (χ0n) is 10.4. The molecular formula is C12H17F3N2O. The second kappa shape index (κ2) is 5.14. The Morgan fingerprint density at radius 2 is 1.94 bits per heavy atom. The fourth-order valence-electron chi connectivity index (χ4n) is 1.78. The van der Waals surface area contributed by atoms with E-state index >= 15 is 0 Å². The number of hydrogen-bond donors (Lipinski definition) is 2. The third-order valence-electron chi connectivity index (χ3n) is 2.76. The molecule has 3 nitrogen and oxygen atoms in total. The maximum atomic E-state index is 12.1. The first-order chi connectivity index (χ1) is 8.12. The second-order valence-corrected chi connectivity index (χ2v) is 4.69. The summed E-state index contributed by atoms with van der Waals surface area (Å²) in [6, 6.07) is 1.65. The van der Waals surface area contributed by atoms with Crippen molar-refractivity contribution in [3.05, 3.63) is 23.4 Å². The lowest BCUT2D eigenvalue weighted by Crippen LogP contribution is -2.24. The summed E-state index contributed by atoms with van der Waals surface area (Å²) in [6.07, 6.45) is -3.73. The van der Waals surface area contributed by atoms with Crippen molar-refractivity contribution in [3.63, 3.8) is 0 Å². The molecule has 1 atom stereocenters. The molecular weight excluding hydrogens is 245 g/mol. The van der Waals surface area contributed by atoms with Gasteiger partial charge in [0.2, 0.25) is 0 Å². The first kappa shape index (κ1) is 14.8. The number of halogens is 3. The van der Waals surface area contributed by atoms with Crippen LogP contribution < -0.4 is 5.73 Å². The Balaban J connectivity index is 2.76. The van der Waals surface area contributed by atoms with Crippen molar-refractivity contribution in [1.29, 1.82) is 0 Å². The minimum absolute atomic E-state index is 0.0121. The smallest absolute Gasteiger partial charge is 0.385 e. The van der Waals surface area contributed by atoms with Crippen LogP contribution in [0.1, 0.15) is 37.3 Å². The molecule has 0 fully saturated rings. The minimum atomic E-state index is -4.20. The first-order valence-corrected chi connectivity index (χ1v) is 5.63.